The molecule has 1 saturated heterocycles. The summed E-state index contributed by atoms with van der Waals surface area (Å²) in [4.78, 5) is 23.6. The Kier molecular flexibility index (Phi) is 6.68. The lowest BCUT2D eigenvalue weighted by atomic mass is 9.86. The fourth-order valence-electron chi connectivity index (χ4n) is 3.62. The minimum Gasteiger partial charge on any atom is -0.481 e. The lowest BCUT2D eigenvalue weighted by Gasteiger charge is -2.27. The third-order valence-corrected chi connectivity index (χ3v) is 4.94. The van der Waals surface area contributed by atoms with Crippen LogP contribution in [0.2, 0.25) is 0 Å². The number of ether oxygens (including phenoxy) is 1. The summed E-state index contributed by atoms with van der Waals surface area (Å²) in [7, 11) is 0. The zero-order valence-corrected chi connectivity index (χ0v) is 13.6. The van der Waals surface area contributed by atoms with Crippen LogP contribution >= 0.6 is 0 Å². The van der Waals surface area contributed by atoms with Crippen LogP contribution in [0.5, 0.6) is 0 Å². The maximum Gasteiger partial charge on any atom is 0.308 e. The third-order valence-electron chi connectivity index (χ3n) is 4.94. The molecule has 4 atom stereocenters. The van der Waals surface area contributed by atoms with Gasteiger partial charge in [-0.05, 0) is 39.0 Å². The average molecular weight is 311 g/mol. The van der Waals surface area contributed by atoms with Gasteiger partial charge in [0.05, 0.1) is 18.1 Å². The largest absolute Gasteiger partial charge is 0.481 e. The maximum atomic E-state index is 12.2. The van der Waals surface area contributed by atoms with Gasteiger partial charge in [0.2, 0.25) is 5.91 Å². The topological polar surface area (TPSA) is 75.6 Å². The van der Waals surface area contributed by atoms with Gasteiger partial charge in [0.25, 0.3) is 0 Å². The Hall–Kier alpha value is -1.10. The molecule has 1 saturated carbocycles. The van der Waals surface area contributed by atoms with Crippen molar-refractivity contribution in [3.05, 3.63) is 0 Å². The van der Waals surface area contributed by atoms with Crippen LogP contribution in [-0.2, 0) is 14.3 Å². The van der Waals surface area contributed by atoms with Gasteiger partial charge in [0.15, 0.2) is 0 Å². The highest BCUT2D eigenvalue weighted by Gasteiger charge is 2.30. The summed E-state index contributed by atoms with van der Waals surface area (Å²) < 4.78 is 5.72. The zero-order valence-electron chi connectivity index (χ0n) is 13.6. The first-order valence-electron chi connectivity index (χ1n) is 8.74. The Balaban J connectivity index is 1.80. The van der Waals surface area contributed by atoms with Crippen LogP contribution in [-0.4, -0.2) is 35.2 Å². The van der Waals surface area contributed by atoms with Crippen molar-refractivity contribution in [3.8, 4) is 0 Å². The molecule has 1 aliphatic heterocycles. The predicted molar refractivity (Wildman–Crippen MR) is 83.6 cm³/mol. The molecule has 1 amide bonds. The molecule has 0 spiro atoms. The van der Waals surface area contributed by atoms with Crippen molar-refractivity contribution >= 4 is 11.9 Å². The SMILES string of the molecule is CC1CCC(CCC(=O)NC2CCCCCCC2C(=O)O)O1. The molecule has 0 aromatic heterocycles. The van der Waals surface area contributed by atoms with E-state index in [1.807, 2.05) is 0 Å². The van der Waals surface area contributed by atoms with Gasteiger partial charge in [-0.25, -0.2) is 0 Å². The normalized spacial score (nSPS) is 33.0. The molecule has 0 bridgehead atoms. The molecule has 2 fully saturated rings. The van der Waals surface area contributed by atoms with Crippen LogP contribution in [0.25, 0.3) is 0 Å². The Morgan fingerprint density at radius 2 is 1.82 bits per heavy atom. The number of carbonyl (C=O) groups excluding carboxylic acids is 1. The van der Waals surface area contributed by atoms with Gasteiger partial charge in [-0.3, -0.25) is 9.59 Å². The van der Waals surface area contributed by atoms with Gasteiger partial charge in [-0.15, -0.1) is 0 Å². The van der Waals surface area contributed by atoms with E-state index in [4.69, 9.17) is 4.74 Å². The summed E-state index contributed by atoms with van der Waals surface area (Å²) in [6.07, 6.45) is 9.36. The highest BCUT2D eigenvalue weighted by atomic mass is 16.5. The standard InChI is InChI=1S/C17H29NO4/c1-12-8-9-13(22-12)10-11-16(19)18-15-7-5-3-2-4-6-14(15)17(20)21/h12-15H,2-11H2,1H3,(H,18,19)(H,20,21). The van der Waals surface area contributed by atoms with Gasteiger partial charge in [-0.2, -0.15) is 0 Å². The molecule has 2 rings (SSSR count). The van der Waals surface area contributed by atoms with Crippen LogP contribution in [0.4, 0.5) is 0 Å². The van der Waals surface area contributed by atoms with Gasteiger partial charge in [-0.1, -0.05) is 25.7 Å². The number of carboxylic acid groups (broad SMARTS) is 1. The molecule has 5 heteroatoms. The van der Waals surface area contributed by atoms with Gasteiger partial charge < -0.3 is 15.2 Å². The molecule has 1 heterocycles. The second-order valence-corrected chi connectivity index (χ2v) is 6.80. The summed E-state index contributed by atoms with van der Waals surface area (Å²) in [5.74, 6) is -1.24. The Morgan fingerprint density at radius 3 is 2.45 bits per heavy atom. The predicted octanol–water partition coefficient (Wildman–Crippen LogP) is 2.87. The monoisotopic (exact) mass is 311 g/mol. The average Bonchev–Trinajstić information content (AvgIpc) is 2.85. The van der Waals surface area contributed by atoms with Gasteiger partial charge in [0, 0.05) is 12.5 Å². The lowest BCUT2D eigenvalue weighted by molar-refractivity contribution is -0.143. The van der Waals surface area contributed by atoms with Crippen molar-refractivity contribution in [1.82, 2.24) is 5.32 Å². The number of amides is 1. The Labute approximate surface area is 132 Å². The fourth-order valence-corrected chi connectivity index (χ4v) is 3.62. The zero-order chi connectivity index (χ0) is 15.9. The molecular formula is C17H29NO4. The molecule has 22 heavy (non-hydrogen) atoms. The second kappa shape index (κ2) is 8.51. The van der Waals surface area contributed by atoms with E-state index < -0.39 is 11.9 Å². The smallest absolute Gasteiger partial charge is 0.308 e. The van der Waals surface area contributed by atoms with E-state index in [-0.39, 0.29) is 18.1 Å². The molecule has 0 aromatic rings. The maximum absolute atomic E-state index is 12.2. The lowest BCUT2D eigenvalue weighted by Crippen LogP contribution is -2.44. The number of hydrogen-bond acceptors (Lipinski definition) is 3. The first kappa shape index (κ1) is 17.3. The van der Waals surface area contributed by atoms with E-state index in [0.29, 0.717) is 18.9 Å². The van der Waals surface area contributed by atoms with Crippen LogP contribution < -0.4 is 5.32 Å². The fraction of sp³-hybridized carbons (Fsp3) is 0.882. The van der Waals surface area contributed by atoms with E-state index in [1.165, 1.54) is 0 Å². The molecule has 126 valence electrons. The second-order valence-electron chi connectivity index (χ2n) is 6.80. The van der Waals surface area contributed by atoms with Crippen LogP contribution in [0.3, 0.4) is 0 Å². The highest BCUT2D eigenvalue weighted by Crippen LogP contribution is 2.25. The molecule has 0 aromatic carbocycles. The first-order chi connectivity index (χ1) is 10.6. The third kappa shape index (κ3) is 5.27. The Bertz CT molecular complexity index is 385. The number of carbonyl (C=O) groups is 2. The summed E-state index contributed by atoms with van der Waals surface area (Å²) in [6.45, 7) is 2.06. The van der Waals surface area contributed by atoms with E-state index in [9.17, 15) is 14.7 Å². The molecule has 2 aliphatic rings. The number of aliphatic carboxylic acids is 1. The van der Waals surface area contributed by atoms with E-state index in [2.05, 4.69) is 12.2 Å². The van der Waals surface area contributed by atoms with E-state index in [1.54, 1.807) is 0 Å². The van der Waals surface area contributed by atoms with Crippen LogP contribution in [0.1, 0.15) is 71.1 Å². The minimum absolute atomic E-state index is 0.0278. The summed E-state index contributed by atoms with van der Waals surface area (Å²) in [5.41, 5.74) is 0. The molecule has 2 N–H and O–H groups in total. The molecule has 4 unspecified atom stereocenters. The Morgan fingerprint density at radius 1 is 1.09 bits per heavy atom. The molecular weight excluding hydrogens is 282 g/mol. The van der Waals surface area contributed by atoms with Crippen molar-refractivity contribution in [2.24, 2.45) is 5.92 Å². The van der Waals surface area contributed by atoms with Gasteiger partial charge in [0.1, 0.15) is 0 Å². The van der Waals surface area contributed by atoms with Gasteiger partial charge >= 0.3 is 5.97 Å². The quantitative estimate of drug-likeness (QED) is 0.818. The molecule has 0 radical (unpaired) electrons. The minimum atomic E-state index is -0.778. The summed E-state index contributed by atoms with van der Waals surface area (Å²) in [6, 6.07) is -0.214. The van der Waals surface area contributed by atoms with Crippen LogP contribution in [0.15, 0.2) is 0 Å². The molecule has 5 nitrogen and oxygen atoms in total. The summed E-state index contributed by atoms with van der Waals surface area (Å²) in [5, 5.41) is 12.4. The van der Waals surface area contributed by atoms with Crippen LogP contribution in [0, 0.1) is 5.92 Å². The van der Waals surface area contributed by atoms with Crippen molar-refractivity contribution < 1.29 is 19.4 Å². The van der Waals surface area contributed by atoms with Crippen molar-refractivity contribution in [3.63, 3.8) is 0 Å². The molecule has 1 aliphatic carbocycles. The van der Waals surface area contributed by atoms with Crippen molar-refractivity contribution in [2.45, 2.75) is 89.4 Å². The summed E-state index contributed by atoms with van der Waals surface area (Å²) >= 11 is 0. The van der Waals surface area contributed by atoms with Crippen molar-refractivity contribution in [2.75, 3.05) is 0 Å². The van der Waals surface area contributed by atoms with E-state index in [0.717, 1.165) is 51.4 Å². The highest BCUT2D eigenvalue weighted by molar-refractivity contribution is 5.78. The van der Waals surface area contributed by atoms with Crippen molar-refractivity contribution in [1.29, 1.82) is 0 Å². The number of nitrogens with one attached hydrogen (secondary N) is 1. The first-order valence-corrected chi connectivity index (χ1v) is 8.74. The number of hydrogen-bond donors (Lipinski definition) is 2. The number of carboxylic acids is 1. The van der Waals surface area contributed by atoms with E-state index >= 15 is 0 Å². The number of rotatable bonds is 5.